The summed E-state index contributed by atoms with van der Waals surface area (Å²) in [4.78, 5) is 16.9. The van der Waals surface area contributed by atoms with Crippen LogP contribution in [0.25, 0.3) is 11.0 Å². The van der Waals surface area contributed by atoms with E-state index in [1.165, 1.54) is 12.1 Å². The first-order valence-corrected chi connectivity index (χ1v) is 10.8. The largest absolute Gasteiger partial charge is 0.368 e. The van der Waals surface area contributed by atoms with Crippen LogP contribution in [0.2, 0.25) is 0 Å². The number of nitrogens with zero attached hydrogens (tertiary/aromatic N) is 2. The summed E-state index contributed by atoms with van der Waals surface area (Å²) in [7, 11) is -1.81. The summed E-state index contributed by atoms with van der Waals surface area (Å²) in [6, 6.07) is 13.4. The summed E-state index contributed by atoms with van der Waals surface area (Å²) in [6.45, 7) is 0.890. The van der Waals surface area contributed by atoms with Crippen molar-refractivity contribution in [2.45, 2.75) is 30.4 Å². The molecule has 0 saturated carbocycles. The fourth-order valence-corrected chi connectivity index (χ4v) is 4.42. The number of rotatable bonds is 6. The molecule has 0 unspecified atom stereocenters. The first-order valence-electron chi connectivity index (χ1n) is 9.36. The second-order valence-electron chi connectivity index (χ2n) is 6.93. The van der Waals surface area contributed by atoms with Crippen LogP contribution >= 0.6 is 0 Å². The van der Waals surface area contributed by atoms with E-state index in [2.05, 4.69) is 15.0 Å². The molecule has 29 heavy (non-hydrogen) atoms. The third-order valence-corrected chi connectivity index (χ3v) is 6.32. The van der Waals surface area contributed by atoms with Crippen LogP contribution in [0.15, 0.2) is 53.4 Å². The molecule has 2 aromatic carbocycles. The number of nitrogens with one attached hydrogen (secondary N) is 2. The van der Waals surface area contributed by atoms with Crippen LogP contribution in [-0.4, -0.2) is 36.6 Å². The number of sulfonamides is 1. The average Bonchev–Trinajstić information content (AvgIpc) is 3.35. The fourth-order valence-electron chi connectivity index (χ4n) is 3.35. The maximum absolute atomic E-state index is 12.5. The minimum Gasteiger partial charge on any atom is -0.368 e. The van der Waals surface area contributed by atoms with E-state index in [0.717, 1.165) is 18.4 Å². The van der Waals surface area contributed by atoms with Crippen LogP contribution < -0.4 is 10.0 Å². The highest BCUT2D eigenvalue weighted by Gasteiger charge is 2.23. The van der Waals surface area contributed by atoms with Crippen LogP contribution in [-0.2, 0) is 33.1 Å². The van der Waals surface area contributed by atoms with Gasteiger partial charge >= 0.3 is 0 Å². The van der Waals surface area contributed by atoms with E-state index in [1.807, 2.05) is 11.6 Å². The van der Waals surface area contributed by atoms with Crippen molar-refractivity contribution in [3.8, 4) is 0 Å². The molecule has 9 heteroatoms. The third kappa shape index (κ3) is 4.10. The Morgan fingerprint density at radius 3 is 2.76 bits per heavy atom. The maximum atomic E-state index is 12.5. The molecule has 1 amide bonds. The highest BCUT2D eigenvalue weighted by Crippen LogP contribution is 2.22. The van der Waals surface area contributed by atoms with Crippen molar-refractivity contribution < 1.29 is 17.9 Å². The van der Waals surface area contributed by atoms with Crippen molar-refractivity contribution in [2.24, 2.45) is 7.05 Å². The number of aryl methyl sites for hydroxylation is 1. The molecule has 1 aromatic heterocycles. The summed E-state index contributed by atoms with van der Waals surface area (Å²) in [5.41, 5.74) is 1.91. The second kappa shape index (κ2) is 7.84. The number of aromatic nitrogens is 2. The van der Waals surface area contributed by atoms with Gasteiger partial charge in [0.05, 0.1) is 28.2 Å². The Labute approximate surface area is 168 Å². The van der Waals surface area contributed by atoms with Crippen molar-refractivity contribution in [3.05, 3.63) is 54.4 Å². The van der Waals surface area contributed by atoms with Crippen LogP contribution in [0.1, 0.15) is 18.7 Å². The number of carbonyl (C=O) groups is 1. The molecule has 0 radical (unpaired) electrons. The summed E-state index contributed by atoms with van der Waals surface area (Å²) in [5.74, 6) is 0.542. The number of carbonyl (C=O) groups excluding carboxylic acids is 1. The molecule has 1 fully saturated rings. The molecule has 1 saturated heterocycles. The lowest BCUT2D eigenvalue weighted by atomic mass is 10.2. The van der Waals surface area contributed by atoms with Gasteiger partial charge in [0.1, 0.15) is 11.9 Å². The van der Waals surface area contributed by atoms with Gasteiger partial charge < -0.3 is 14.6 Å². The highest BCUT2D eigenvalue weighted by atomic mass is 32.2. The Hall–Kier alpha value is -2.91. The SMILES string of the molecule is Cn1c(CNC(=O)[C@@H]2CCCO2)nc2cc(NS(=O)(=O)c3ccccc3)ccc21. The van der Waals surface area contributed by atoms with Crippen molar-refractivity contribution in [2.75, 3.05) is 11.3 Å². The van der Waals surface area contributed by atoms with Gasteiger partial charge in [0.15, 0.2) is 0 Å². The molecule has 1 aliphatic heterocycles. The number of ether oxygens (including phenoxy) is 1. The smallest absolute Gasteiger partial charge is 0.261 e. The quantitative estimate of drug-likeness (QED) is 0.644. The number of amides is 1. The molecule has 8 nitrogen and oxygen atoms in total. The second-order valence-corrected chi connectivity index (χ2v) is 8.61. The molecule has 0 bridgehead atoms. The van der Waals surface area contributed by atoms with Gasteiger partial charge in [-0.1, -0.05) is 18.2 Å². The predicted octanol–water partition coefficient (Wildman–Crippen LogP) is 2.17. The number of imidazole rings is 1. The average molecular weight is 414 g/mol. The van der Waals surface area contributed by atoms with Gasteiger partial charge in [-0.3, -0.25) is 9.52 Å². The Bertz CT molecular complexity index is 1140. The van der Waals surface area contributed by atoms with Crippen molar-refractivity contribution in [1.82, 2.24) is 14.9 Å². The van der Waals surface area contributed by atoms with E-state index >= 15 is 0 Å². The zero-order valence-corrected chi connectivity index (χ0v) is 16.8. The van der Waals surface area contributed by atoms with Gasteiger partial charge in [0.25, 0.3) is 10.0 Å². The van der Waals surface area contributed by atoms with Crippen LogP contribution in [0.4, 0.5) is 5.69 Å². The Balaban J connectivity index is 1.51. The number of anilines is 1. The Morgan fingerprint density at radius 2 is 2.03 bits per heavy atom. The van der Waals surface area contributed by atoms with Gasteiger partial charge in [0.2, 0.25) is 5.91 Å². The number of hydrogen-bond acceptors (Lipinski definition) is 5. The lowest BCUT2D eigenvalue weighted by Gasteiger charge is -2.10. The van der Waals surface area contributed by atoms with E-state index < -0.39 is 10.0 Å². The molecule has 152 valence electrons. The van der Waals surface area contributed by atoms with Gasteiger partial charge in [-0.25, -0.2) is 13.4 Å². The van der Waals surface area contributed by atoms with E-state index in [9.17, 15) is 13.2 Å². The lowest BCUT2D eigenvalue weighted by Crippen LogP contribution is -2.34. The van der Waals surface area contributed by atoms with E-state index in [0.29, 0.717) is 23.6 Å². The van der Waals surface area contributed by atoms with Gasteiger partial charge in [-0.2, -0.15) is 0 Å². The monoisotopic (exact) mass is 414 g/mol. The molecule has 0 spiro atoms. The summed E-state index contributed by atoms with van der Waals surface area (Å²) in [6.07, 6.45) is 1.24. The number of hydrogen-bond donors (Lipinski definition) is 2. The predicted molar refractivity (Wildman–Crippen MR) is 109 cm³/mol. The summed E-state index contributed by atoms with van der Waals surface area (Å²) < 4.78 is 34.9. The van der Waals surface area contributed by atoms with Crippen molar-refractivity contribution in [3.63, 3.8) is 0 Å². The Kier molecular flexibility index (Phi) is 5.25. The third-order valence-electron chi connectivity index (χ3n) is 4.92. The van der Waals surface area contributed by atoms with Crippen LogP contribution in [0.5, 0.6) is 0 Å². The normalized spacial score (nSPS) is 16.8. The summed E-state index contributed by atoms with van der Waals surface area (Å²) >= 11 is 0. The lowest BCUT2D eigenvalue weighted by molar-refractivity contribution is -0.130. The van der Waals surface area contributed by atoms with Gasteiger partial charge in [-0.15, -0.1) is 0 Å². The maximum Gasteiger partial charge on any atom is 0.261 e. The molecule has 3 aromatic rings. The standard InChI is InChI=1S/C20H22N4O4S/c1-24-17-10-9-14(23-29(26,27)15-6-3-2-4-7-15)12-16(17)22-19(24)13-21-20(25)18-8-5-11-28-18/h2-4,6-7,9-10,12,18,23H,5,8,11,13H2,1H3,(H,21,25)/t18-/m0/s1. The molecule has 4 rings (SSSR count). The van der Waals surface area contributed by atoms with Crippen LogP contribution in [0.3, 0.4) is 0 Å². The van der Waals surface area contributed by atoms with E-state index in [4.69, 9.17) is 4.74 Å². The molecular weight excluding hydrogens is 392 g/mol. The van der Waals surface area contributed by atoms with Gasteiger partial charge in [0, 0.05) is 13.7 Å². The highest BCUT2D eigenvalue weighted by molar-refractivity contribution is 7.92. The molecule has 1 aliphatic rings. The first kappa shape index (κ1) is 19.4. The molecular formula is C20H22N4O4S. The van der Waals surface area contributed by atoms with Crippen molar-refractivity contribution >= 4 is 32.7 Å². The molecule has 0 aliphatic carbocycles. The fraction of sp³-hybridized carbons (Fsp3) is 0.300. The number of benzene rings is 2. The zero-order chi connectivity index (χ0) is 20.4. The summed E-state index contributed by atoms with van der Waals surface area (Å²) in [5, 5.41) is 2.86. The molecule has 2 heterocycles. The van der Waals surface area contributed by atoms with Gasteiger partial charge in [-0.05, 0) is 43.2 Å². The van der Waals surface area contributed by atoms with Crippen molar-refractivity contribution in [1.29, 1.82) is 0 Å². The first-order chi connectivity index (χ1) is 13.9. The number of fused-ring (bicyclic) bond motifs is 1. The van der Waals surface area contributed by atoms with E-state index in [-0.39, 0.29) is 23.5 Å². The zero-order valence-electron chi connectivity index (χ0n) is 16.0. The topological polar surface area (TPSA) is 102 Å². The minimum absolute atomic E-state index is 0.133. The Morgan fingerprint density at radius 1 is 1.24 bits per heavy atom. The minimum atomic E-state index is -3.67. The van der Waals surface area contributed by atoms with E-state index in [1.54, 1.807) is 36.4 Å². The molecule has 2 N–H and O–H groups in total. The molecule has 1 atom stereocenters. The van der Waals surface area contributed by atoms with Crippen LogP contribution in [0, 0.1) is 0 Å².